The molecule has 29 rings (SSSR count). The predicted molar refractivity (Wildman–Crippen MR) is 595 cm³/mol. The van der Waals surface area contributed by atoms with E-state index in [4.69, 9.17) is 52.6 Å². The molecular formula is C131H79N7O4S2. The molecule has 9 aromatic heterocycles. The van der Waals surface area contributed by atoms with Crippen LogP contribution in [-0.4, -0.2) is 34.9 Å². The van der Waals surface area contributed by atoms with E-state index in [1.807, 2.05) is 84.9 Å². The van der Waals surface area contributed by atoms with E-state index in [1.165, 1.54) is 51.5 Å². The Labute approximate surface area is 834 Å². The van der Waals surface area contributed by atoms with Gasteiger partial charge in [-0.1, -0.05) is 334 Å². The Bertz CT molecular complexity index is 9630. The minimum atomic E-state index is 0.646. The molecule has 0 aliphatic carbocycles. The molecule has 20 aromatic carbocycles. The van der Waals surface area contributed by atoms with Crippen molar-refractivity contribution < 1.29 is 17.7 Å². The quantitative estimate of drug-likeness (QED) is 0.103. The number of hydrogen-bond donors (Lipinski definition) is 0. The van der Waals surface area contributed by atoms with Crippen molar-refractivity contribution in [2.45, 2.75) is 0 Å². The molecule has 0 saturated heterocycles. The van der Waals surface area contributed by atoms with Gasteiger partial charge in [-0.3, -0.25) is 0 Å². The van der Waals surface area contributed by atoms with Crippen molar-refractivity contribution in [2.24, 2.45) is 0 Å². The van der Waals surface area contributed by atoms with Crippen LogP contribution in [0.25, 0.3) is 286 Å². The summed E-state index contributed by atoms with van der Waals surface area (Å²) < 4.78 is 30.0. The maximum Gasteiger partial charge on any atom is 0.164 e. The van der Waals surface area contributed by atoms with E-state index in [0.717, 1.165) is 205 Å². The summed E-state index contributed by atoms with van der Waals surface area (Å²) in [6.45, 7) is 0. The van der Waals surface area contributed by atoms with Gasteiger partial charge in [0.15, 0.2) is 29.1 Å². The van der Waals surface area contributed by atoms with Crippen LogP contribution in [0.4, 0.5) is 0 Å². The van der Waals surface area contributed by atoms with Gasteiger partial charge in [0.05, 0.1) is 22.8 Å². The maximum atomic E-state index is 6.27. The molecule has 144 heavy (non-hydrogen) atoms. The van der Waals surface area contributed by atoms with Gasteiger partial charge >= 0.3 is 0 Å². The number of aromatic nitrogens is 7. The summed E-state index contributed by atoms with van der Waals surface area (Å²) in [7, 11) is 0. The summed E-state index contributed by atoms with van der Waals surface area (Å²) >= 11 is 3.61. The molecular weight excluding hydrogens is 1800 g/mol. The van der Waals surface area contributed by atoms with Gasteiger partial charge in [-0.15, -0.1) is 22.7 Å². The van der Waals surface area contributed by atoms with Crippen LogP contribution < -0.4 is 0 Å². The first-order valence-electron chi connectivity index (χ1n) is 48.0. The molecule has 0 amide bonds. The number of benzene rings is 20. The highest BCUT2D eigenvalue weighted by Gasteiger charge is 2.23. The van der Waals surface area contributed by atoms with Crippen LogP contribution in [0.5, 0.6) is 0 Å². The Morgan fingerprint density at radius 1 is 0.118 bits per heavy atom. The van der Waals surface area contributed by atoms with Crippen molar-refractivity contribution in [2.75, 3.05) is 0 Å². The van der Waals surface area contributed by atoms with Crippen LogP contribution in [0.15, 0.2) is 497 Å². The molecule has 0 spiro atoms. The first kappa shape index (κ1) is 84.5. The minimum Gasteiger partial charge on any atom is -0.456 e. The van der Waals surface area contributed by atoms with E-state index in [9.17, 15) is 0 Å². The Morgan fingerprint density at radius 2 is 0.333 bits per heavy atom. The Kier molecular flexibility index (Phi) is 21.1. The van der Waals surface area contributed by atoms with Crippen molar-refractivity contribution in [3.05, 3.63) is 479 Å². The summed E-state index contributed by atoms with van der Waals surface area (Å²) in [5.74, 6) is 3.27. The van der Waals surface area contributed by atoms with Gasteiger partial charge in [-0.05, 0) is 201 Å². The lowest BCUT2D eigenvalue weighted by molar-refractivity contribution is 0.668. The first-order valence-corrected chi connectivity index (χ1v) is 49.6. The normalized spacial score (nSPS) is 11.6. The van der Waals surface area contributed by atoms with Crippen molar-refractivity contribution in [1.82, 2.24) is 34.9 Å². The average molecular weight is 1880 g/mol. The number of furan rings is 4. The molecule has 0 bridgehead atoms. The van der Waals surface area contributed by atoms with Gasteiger partial charge in [0.2, 0.25) is 0 Å². The second-order valence-electron chi connectivity index (χ2n) is 36.1. The van der Waals surface area contributed by atoms with Crippen molar-refractivity contribution in [3.63, 3.8) is 0 Å². The van der Waals surface area contributed by atoms with E-state index in [1.54, 1.807) is 22.7 Å². The van der Waals surface area contributed by atoms with Gasteiger partial charge in [0.25, 0.3) is 0 Å². The average Bonchev–Trinajstić information content (AvgIpc) is 1.60. The van der Waals surface area contributed by atoms with Crippen LogP contribution in [0, 0.1) is 0 Å². The number of nitrogens with zero attached hydrogens (tertiary/aromatic N) is 7. The fourth-order valence-corrected chi connectivity index (χ4v) is 22.2. The Morgan fingerprint density at radius 3 is 0.674 bits per heavy atom. The highest BCUT2D eigenvalue weighted by molar-refractivity contribution is 7.26. The number of hydrogen-bond acceptors (Lipinski definition) is 13. The van der Waals surface area contributed by atoms with Crippen LogP contribution in [-0.2, 0) is 0 Å². The lowest BCUT2D eigenvalue weighted by Crippen LogP contribution is -2.00. The third-order valence-electron chi connectivity index (χ3n) is 27.1. The second-order valence-corrected chi connectivity index (χ2v) is 38.3. The zero-order valence-corrected chi connectivity index (χ0v) is 78.8. The Balaban J connectivity index is 0.000000108. The van der Waals surface area contributed by atoms with E-state index in [0.29, 0.717) is 29.1 Å². The molecule has 29 aromatic rings. The fraction of sp³-hybridized carbons (Fsp3) is 0. The molecule has 0 unspecified atom stereocenters. The number of rotatable bonds is 14. The standard InChI is InChI=1S/C46H28N2O2.C45H27N3S2.C40H24N2O2/c1-2-10-29(11-3-1)30-12-8-13-31(24-30)32-14-9-15-35(25-32)46-47-40(33-20-22-38-36-16-4-6-18-42(36)49-44(38)26-33)28-41(48-46)34-21-23-39-37-17-5-7-19-43(37)50-45(39)27-34;1-3-11-28(12-4-1)32-23-33(29-13-5-2-6-14-29)25-34(24-32)45-47-43(30-19-21-37-35-15-7-9-17-39(35)49-41(37)26-30)46-44(48-45)31-20-22-38-36-16-8-10-18-40(36)50-42(38)27-31;1-2-9-25(10-3-1)26-11-8-12-29(21-26)40-41-34(27-17-19-32-30-13-4-6-15-36(30)43-38(32)22-27)24-35(42-40)28-18-20-33-31-14-5-7-16-37(31)44-39(33)23-28/h1-28H;1-27H;1-24H. The summed E-state index contributed by atoms with van der Waals surface area (Å²) in [4.78, 5) is 36.2. The molecule has 0 saturated carbocycles. The summed E-state index contributed by atoms with van der Waals surface area (Å²) in [6.07, 6.45) is 0. The smallest absolute Gasteiger partial charge is 0.164 e. The maximum absolute atomic E-state index is 6.27. The molecule has 0 aliphatic rings. The van der Waals surface area contributed by atoms with Gasteiger partial charge in [-0.25, -0.2) is 34.9 Å². The summed E-state index contributed by atoms with van der Waals surface area (Å²) in [6, 6.07) is 166. The summed E-state index contributed by atoms with van der Waals surface area (Å²) in [5, 5.41) is 13.8. The number of thiophene rings is 2. The zero-order valence-electron chi connectivity index (χ0n) is 77.2. The fourth-order valence-electron chi connectivity index (χ4n) is 19.9. The van der Waals surface area contributed by atoms with Crippen LogP contribution in [0.3, 0.4) is 0 Å². The van der Waals surface area contributed by atoms with Crippen molar-refractivity contribution in [3.8, 4) is 158 Å². The molecule has 674 valence electrons. The first-order chi connectivity index (χ1) is 71.2. The lowest BCUT2D eigenvalue weighted by Gasteiger charge is -2.12. The number of para-hydroxylation sites is 4. The van der Waals surface area contributed by atoms with Crippen molar-refractivity contribution in [1.29, 1.82) is 0 Å². The van der Waals surface area contributed by atoms with E-state index in [-0.39, 0.29) is 0 Å². The highest BCUT2D eigenvalue weighted by atomic mass is 32.1. The molecule has 9 heterocycles. The zero-order chi connectivity index (χ0) is 95.1. The molecule has 13 heteroatoms. The summed E-state index contributed by atoms with van der Waals surface area (Å²) in [5.41, 5.74) is 30.1. The monoisotopic (exact) mass is 1880 g/mol. The van der Waals surface area contributed by atoms with Crippen LogP contribution in [0.2, 0.25) is 0 Å². The van der Waals surface area contributed by atoms with Gasteiger partial charge in [-0.2, -0.15) is 0 Å². The molecule has 0 aliphatic heterocycles. The molecule has 0 N–H and O–H groups in total. The highest BCUT2D eigenvalue weighted by Crippen LogP contribution is 2.45. The third-order valence-corrected chi connectivity index (χ3v) is 29.4. The lowest BCUT2D eigenvalue weighted by atomic mass is 9.96. The third kappa shape index (κ3) is 16.0. The van der Waals surface area contributed by atoms with E-state index >= 15 is 0 Å². The Hall–Kier alpha value is -18.8. The SMILES string of the molecule is c1ccc(-c2cc(-c3ccccc3)cc(-c3nc(-c4ccc5c(c4)sc4ccccc45)nc(-c4ccc5c(c4)sc4ccccc45)n3)c2)cc1.c1ccc(-c2cccc(-c3cccc(-c4nc(-c5ccc6c(c5)oc5ccccc56)cc(-c5ccc6c(c5)oc5ccccc56)n4)c3)c2)cc1.c1ccc(-c2cccc(-c3nc(-c4ccc5c(c4)oc4ccccc45)cc(-c4ccc5c(c4)oc4ccccc45)n3)c2)cc1. The largest absolute Gasteiger partial charge is 0.456 e. The van der Waals surface area contributed by atoms with E-state index < -0.39 is 0 Å². The number of fused-ring (bicyclic) bond motifs is 18. The minimum absolute atomic E-state index is 0.646. The van der Waals surface area contributed by atoms with Crippen LogP contribution >= 0.6 is 22.7 Å². The van der Waals surface area contributed by atoms with Gasteiger partial charge < -0.3 is 17.7 Å². The molecule has 11 nitrogen and oxygen atoms in total. The molecule has 0 atom stereocenters. The second kappa shape index (κ2) is 35.9. The van der Waals surface area contributed by atoms with E-state index in [2.05, 4.69) is 394 Å². The molecule has 0 radical (unpaired) electrons. The van der Waals surface area contributed by atoms with Gasteiger partial charge in [0.1, 0.15) is 44.7 Å². The topological polar surface area (TPSA) is 143 Å². The van der Waals surface area contributed by atoms with Crippen LogP contribution in [0.1, 0.15) is 0 Å². The predicted octanol–water partition coefficient (Wildman–Crippen LogP) is 36.5. The molecule has 0 fully saturated rings. The van der Waals surface area contributed by atoms with Crippen molar-refractivity contribution >= 4 is 151 Å². The van der Waals surface area contributed by atoms with Gasteiger partial charge in [0, 0.05) is 134 Å².